The van der Waals surface area contributed by atoms with Gasteiger partial charge in [0, 0.05) is 33.1 Å². The smallest absolute Gasteiger partial charge is 0.362 e. The molecule has 0 fully saturated rings. The summed E-state index contributed by atoms with van der Waals surface area (Å²) < 4.78 is 33.9. The van der Waals surface area contributed by atoms with E-state index in [-0.39, 0.29) is 62.1 Å². The summed E-state index contributed by atoms with van der Waals surface area (Å²) in [7, 11) is 7.56. The van der Waals surface area contributed by atoms with Crippen LogP contribution in [0.4, 0.5) is 0 Å². The van der Waals surface area contributed by atoms with Gasteiger partial charge in [-0.2, -0.15) is 0 Å². The highest BCUT2D eigenvalue weighted by molar-refractivity contribution is 5.72. The summed E-state index contributed by atoms with van der Waals surface area (Å²) >= 11 is 0. The highest BCUT2D eigenvalue weighted by atomic mass is 16.7. The Kier molecular flexibility index (Phi) is 46.3. The highest BCUT2D eigenvalue weighted by Crippen LogP contribution is 2.21. The lowest BCUT2D eigenvalue weighted by atomic mass is 10.00. The van der Waals surface area contributed by atoms with Gasteiger partial charge < -0.3 is 47.6 Å². The lowest BCUT2D eigenvalue weighted by molar-refractivity contribution is -0.883. The van der Waals surface area contributed by atoms with E-state index in [1.165, 1.54) is 39.5 Å². The molecule has 0 aromatic heterocycles. The van der Waals surface area contributed by atoms with Gasteiger partial charge in [0.25, 0.3) is 0 Å². The van der Waals surface area contributed by atoms with Crippen molar-refractivity contribution in [1.82, 2.24) is 0 Å². The van der Waals surface area contributed by atoms with Gasteiger partial charge in [0.05, 0.1) is 40.4 Å². The van der Waals surface area contributed by atoms with E-state index in [4.69, 9.17) is 28.4 Å². The lowest BCUT2D eigenvalue weighted by Gasteiger charge is -2.30. The molecule has 0 heterocycles. The number of esters is 6. The molecule has 0 aliphatic rings. The Hall–Kier alpha value is -3.34. The largest absolute Gasteiger partial charge is 0.460 e. The van der Waals surface area contributed by atoms with Crippen molar-refractivity contribution < 1.29 is 76.4 Å². The Morgan fingerprint density at radius 1 is 0.359 bits per heavy atom. The normalized spacial score (nSPS) is 13.7. The zero-order chi connectivity index (χ0) is 58.3. The van der Waals surface area contributed by atoms with E-state index in [1.54, 1.807) is 0 Å². The molecule has 78 heavy (non-hydrogen) atoms. The average Bonchev–Trinajstić information content (AvgIpc) is 3.35. The van der Waals surface area contributed by atoms with Gasteiger partial charge in [-0.1, -0.05) is 175 Å². The van der Waals surface area contributed by atoms with Crippen molar-refractivity contribution in [1.29, 1.82) is 0 Å². The zero-order valence-corrected chi connectivity index (χ0v) is 51.3. The summed E-state index contributed by atoms with van der Waals surface area (Å²) in [6.45, 7) is 10.9. The first kappa shape index (κ1) is 74.7. The fourth-order valence-corrected chi connectivity index (χ4v) is 9.55. The van der Waals surface area contributed by atoms with Gasteiger partial charge in [0.15, 0.2) is 13.1 Å². The van der Waals surface area contributed by atoms with E-state index in [0.717, 1.165) is 161 Å². The van der Waals surface area contributed by atoms with Crippen LogP contribution in [0, 0.1) is 0 Å². The quantitative estimate of drug-likeness (QED) is 0.0192. The number of quaternary nitrogens is 2. The second kappa shape index (κ2) is 48.4. The van der Waals surface area contributed by atoms with Crippen molar-refractivity contribution in [3.05, 3.63) is 0 Å². The van der Waals surface area contributed by atoms with Crippen molar-refractivity contribution in [2.24, 2.45) is 0 Å². The number of unbranched alkanes of at least 4 members (excludes halogenated alkanes) is 24. The van der Waals surface area contributed by atoms with Crippen molar-refractivity contribution in [3.8, 4) is 0 Å². The molecule has 0 aliphatic carbocycles. The molecule has 0 rings (SSSR count). The van der Waals surface area contributed by atoms with E-state index < -0.39 is 30.7 Å². The number of aliphatic hydroxyl groups excluding tert-OH is 2. The molecule has 0 saturated heterocycles. The molecule has 16 heteroatoms. The molecule has 458 valence electrons. The van der Waals surface area contributed by atoms with Crippen LogP contribution in [0.15, 0.2) is 0 Å². The number of likely N-dealkylation sites (N-methyl/N-ethyl adjacent to an activating group) is 2. The van der Waals surface area contributed by atoms with E-state index in [2.05, 4.69) is 20.8 Å². The fourth-order valence-electron chi connectivity index (χ4n) is 9.55. The number of carbonyl (C=O) groups is 6. The Bertz CT molecular complexity index is 1440. The van der Waals surface area contributed by atoms with Crippen molar-refractivity contribution in [3.63, 3.8) is 0 Å². The van der Waals surface area contributed by atoms with Gasteiger partial charge in [-0.3, -0.25) is 19.2 Å². The third-order valence-electron chi connectivity index (χ3n) is 14.6. The SMILES string of the molecule is CCCCCCCCCC(OC(=O)CCCCCCCCCCC(O)C(CCCCC)OC(=O)C[N+](C)(C)CCOC(C)=O)OC(=O)CCCCCCCCCCC(O)C(CCCCC)OC(=O)C[N+](C)(C)CCOC(C)=O. The van der Waals surface area contributed by atoms with Gasteiger partial charge in [-0.15, -0.1) is 0 Å². The third-order valence-corrected chi connectivity index (χ3v) is 14.6. The molecule has 0 spiro atoms. The zero-order valence-electron chi connectivity index (χ0n) is 51.3. The summed E-state index contributed by atoms with van der Waals surface area (Å²) in [6, 6.07) is 0. The lowest BCUT2D eigenvalue weighted by Crippen LogP contribution is -2.47. The molecule has 16 nitrogen and oxygen atoms in total. The minimum Gasteiger partial charge on any atom is -0.460 e. The molecule has 0 radical (unpaired) electrons. The van der Waals surface area contributed by atoms with Crippen LogP contribution in [-0.2, 0) is 57.2 Å². The molecule has 4 unspecified atom stereocenters. The number of ether oxygens (including phenoxy) is 6. The van der Waals surface area contributed by atoms with Gasteiger partial charge in [-0.25, -0.2) is 9.59 Å². The first-order valence-electron chi connectivity index (χ1n) is 31.3. The summed E-state index contributed by atoms with van der Waals surface area (Å²) in [5.74, 6) is -2.04. The number of rotatable bonds is 54. The minimum atomic E-state index is -0.845. The topological polar surface area (TPSA) is 198 Å². The predicted octanol–water partition coefficient (Wildman–Crippen LogP) is 12.3. The second-order valence-electron chi connectivity index (χ2n) is 23.6. The molecular weight excluding hydrogens is 997 g/mol. The minimum absolute atomic E-state index is 0.131. The van der Waals surface area contributed by atoms with Crippen LogP contribution >= 0.6 is 0 Å². The molecular formula is C62H118N2O14+2. The molecule has 0 aromatic rings. The van der Waals surface area contributed by atoms with Gasteiger partial charge in [0.2, 0.25) is 6.29 Å². The summed E-state index contributed by atoms with van der Waals surface area (Å²) in [6.07, 6.45) is 29.3. The number of hydrogen-bond donors (Lipinski definition) is 2. The maximum atomic E-state index is 12.9. The second-order valence-corrected chi connectivity index (χ2v) is 23.6. The maximum Gasteiger partial charge on any atom is 0.362 e. The Balaban J connectivity index is 4.64. The molecule has 0 aliphatic heterocycles. The number of aliphatic hydroxyl groups is 2. The van der Waals surface area contributed by atoms with Crippen LogP contribution in [-0.4, -0.2) is 153 Å². The first-order chi connectivity index (χ1) is 37.2. The van der Waals surface area contributed by atoms with Crippen LogP contribution in [0.2, 0.25) is 0 Å². The average molecular weight is 1120 g/mol. The van der Waals surface area contributed by atoms with Crippen LogP contribution in [0.5, 0.6) is 0 Å². The monoisotopic (exact) mass is 1110 g/mol. The number of nitrogens with zero attached hydrogens (tertiary/aromatic N) is 2. The van der Waals surface area contributed by atoms with E-state index in [0.29, 0.717) is 67.0 Å². The molecule has 0 amide bonds. The van der Waals surface area contributed by atoms with Gasteiger partial charge >= 0.3 is 35.8 Å². The summed E-state index contributed by atoms with van der Waals surface area (Å²) in [5, 5.41) is 22.1. The Morgan fingerprint density at radius 3 is 0.974 bits per heavy atom. The molecule has 4 atom stereocenters. The number of hydrogen-bond acceptors (Lipinski definition) is 14. The van der Waals surface area contributed by atoms with Crippen LogP contribution < -0.4 is 0 Å². The van der Waals surface area contributed by atoms with Crippen molar-refractivity contribution in [2.75, 3.05) is 67.6 Å². The number of carbonyl (C=O) groups excluding carboxylic acids is 6. The highest BCUT2D eigenvalue weighted by Gasteiger charge is 2.29. The van der Waals surface area contributed by atoms with Crippen LogP contribution in [0.1, 0.15) is 266 Å². The molecule has 0 aromatic carbocycles. The summed E-state index contributed by atoms with van der Waals surface area (Å²) in [4.78, 5) is 74.0. The van der Waals surface area contributed by atoms with E-state index in [1.807, 2.05) is 28.2 Å². The molecule has 2 N–H and O–H groups in total. The van der Waals surface area contributed by atoms with E-state index >= 15 is 0 Å². The Labute approximate surface area is 474 Å². The molecule has 0 saturated carbocycles. The standard InChI is InChI=1S/C62H118N2O14/c1-10-13-16-17-22-31-38-45-62(77-58(69)43-36-29-25-20-18-23-27-34-39-54(67)56(41-32-14-11-2)75-60(71)50-63(6,7)46-48-73-52(4)65)78-59(70)44-37-30-26-21-19-24-28-35-40-55(68)57(42-33-15-12-3)76-61(72)51-64(8,9)47-49-74-53(5)66/h54-57,62,67-68H,10-51H2,1-9H3/q+2. The van der Waals surface area contributed by atoms with Crippen molar-refractivity contribution >= 4 is 35.8 Å². The summed E-state index contributed by atoms with van der Waals surface area (Å²) in [5.41, 5.74) is 0. The fraction of sp³-hybridized carbons (Fsp3) is 0.903. The molecule has 0 bridgehead atoms. The van der Waals surface area contributed by atoms with E-state index in [9.17, 15) is 39.0 Å². The first-order valence-corrected chi connectivity index (χ1v) is 31.3. The predicted molar refractivity (Wildman–Crippen MR) is 308 cm³/mol. The van der Waals surface area contributed by atoms with Gasteiger partial charge in [-0.05, 0) is 57.8 Å². The maximum absolute atomic E-state index is 12.9. The van der Waals surface area contributed by atoms with Gasteiger partial charge in [0.1, 0.15) is 38.5 Å². The van der Waals surface area contributed by atoms with Crippen molar-refractivity contribution in [2.45, 2.75) is 296 Å². The van der Waals surface area contributed by atoms with Crippen LogP contribution in [0.3, 0.4) is 0 Å². The third kappa shape index (κ3) is 46.4. The Morgan fingerprint density at radius 2 is 0.641 bits per heavy atom. The van der Waals surface area contributed by atoms with Crippen LogP contribution in [0.25, 0.3) is 0 Å².